The molecule has 4 atom stereocenters. The summed E-state index contributed by atoms with van der Waals surface area (Å²) in [6, 6.07) is 5.44. The van der Waals surface area contributed by atoms with E-state index in [2.05, 4.69) is 12.2 Å². The van der Waals surface area contributed by atoms with Crippen LogP contribution in [-0.2, 0) is 4.74 Å². The van der Waals surface area contributed by atoms with Crippen LogP contribution < -0.4 is 15.0 Å². The molecule has 1 heterocycles. The molecular formula is C24H41N3O4. The van der Waals surface area contributed by atoms with Crippen molar-refractivity contribution in [2.45, 2.75) is 58.3 Å². The van der Waals surface area contributed by atoms with Gasteiger partial charge >= 0.3 is 0 Å². The topological polar surface area (TPSA) is 74.3 Å². The minimum Gasteiger partial charge on any atom is -0.490 e. The number of nitrogens with zero attached hydrogens (tertiary/aromatic N) is 2. The van der Waals surface area contributed by atoms with E-state index in [-0.39, 0.29) is 36.7 Å². The Morgan fingerprint density at radius 2 is 2.03 bits per heavy atom. The van der Waals surface area contributed by atoms with Crippen LogP contribution in [0.15, 0.2) is 18.2 Å². The number of likely N-dealkylation sites (N-methyl/N-ethyl adjacent to an activating group) is 1. The predicted octanol–water partition coefficient (Wildman–Crippen LogP) is 2.77. The monoisotopic (exact) mass is 435 g/mol. The maximum Gasteiger partial charge on any atom is 0.258 e. The lowest BCUT2D eigenvalue weighted by Gasteiger charge is -2.34. The summed E-state index contributed by atoms with van der Waals surface area (Å²) < 4.78 is 12.4. The molecular weight excluding hydrogens is 394 g/mol. The first-order valence-electron chi connectivity index (χ1n) is 11.4. The van der Waals surface area contributed by atoms with Crippen molar-refractivity contribution >= 4 is 11.6 Å². The maximum absolute atomic E-state index is 13.8. The highest BCUT2D eigenvalue weighted by atomic mass is 16.5. The number of fused-ring (bicyclic) bond motifs is 1. The van der Waals surface area contributed by atoms with Gasteiger partial charge in [0.2, 0.25) is 0 Å². The summed E-state index contributed by atoms with van der Waals surface area (Å²) in [7, 11) is 5.82. The normalized spacial score (nSPS) is 24.7. The van der Waals surface area contributed by atoms with Crippen LogP contribution in [0.1, 0.15) is 50.4 Å². The molecule has 0 spiro atoms. The van der Waals surface area contributed by atoms with E-state index < -0.39 is 0 Å². The number of aliphatic hydroxyl groups excluding tert-OH is 1. The molecule has 0 radical (unpaired) electrons. The third-order valence-electron chi connectivity index (χ3n) is 5.96. The van der Waals surface area contributed by atoms with Crippen molar-refractivity contribution in [2.75, 3.05) is 52.3 Å². The van der Waals surface area contributed by atoms with Crippen LogP contribution in [0.5, 0.6) is 5.75 Å². The molecule has 0 unspecified atom stereocenters. The Balaban J connectivity index is 2.47. The Morgan fingerprint density at radius 1 is 1.29 bits per heavy atom. The molecule has 176 valence electrons. The number of aliphatic hydroxyl groups is 1. The van der Waals surface area contributed by atoms with E-state index in [9.17, 15) is 9.90 Å². The predicted molar refractivity (Wildman–Crippen MR) is 125 cm³/mol. The molecule has 0 aliphatic carbocycles. The lowest BCUT2D eigenvalue weighted by atomic mass is 10.0. The fourth-order valence-electron chi connectivity index (χ4n) is 3.88. The van der Waals surface area contributed by atoms with Crippen molar-refractivity contribution in [3.63, 3.8) is 0 Å². The summed E-state index contributed by atoms with van der Waals surface area (Å²) in [5, 5.41) is 13.1. The van der Waals surface area contributed by atoms with E-state index >= 15 is 0 Å². The number of ether oxygens (including phenoxy) is 2. The quantitative estimate of drug-likeness (QED) is 0.741. The van der Waals surface area contributed by atoms with E-state index in [1.54, 1.807) is 4.90 Å². The van der Waals surface area contributed by atoms with Crippen LogP contribution in [0, 0.1) is 5.92 Å². The number of carbonyl (C=O) groups excluding carboxylic acids is 1. The van der Waals surface area contributed by atoms with E-state index in [4.69, 9.17) is 9.47 Å². The van der Waals surface area contributed by atoms with Gasteiger partial charge in [-0.1, -0.05) is 6.92 Å². The zero-order valence-corrected chi connectivity index (χ0v) is 20.1. The van der Waals surface area contributed by atoms with Crippen molar-refractivity contribution in [3.05, 3.63) is 23.8 Å². The molecule has 31 heavy (non-hydrogen) atoms. The minimum atomic E-state index is -0.314. The van der Waals surface area contributed by atoms with Gasteiger partial charge in [-0.3, -0.25) is 4.79 Å². The van der Waals surface area contributed by atoms with Crippen molar-refractivity contribution in [1.29, 1.82) is 0 Å². The maximum atomic E-state index is 13.8. The molecule has 0 saturated heterocycles. The van der Waals surface area contributed by atoms with E-state index in [1.165, 1.54) is 0 Å². The lowest BCUT2D eigenvalue weighted by molar-refractivity contribution is -0.000449. The van der Waals surface area contributed by atoms with Crippen LogP contribution in [-0.4, -0.2) is 81.6 Å². The van der Waals surface area contributed by atoms with Gasteiger partial charge < -0.3 is 29.7 Å². The molecule has 0 saturated carbocycles. The first-order chi connectivity index (χ1) is 14.8. The van der Waals surface area contributed by atoms with E-state index in [0.29, 0.717) is 24.5 Å². The third-order valence-corrected chi connectivity index (χ3v) is 5.96. The number of hydrogen-bond donors (Lipinski definition) is 2. The summed E-state index contributed by atoms with van der Waals surface area (Å²) in [5.41, 5.74) is 1.47. The van der Waals surface area contributed by atoms with E-state index in [1.807, 2.05) is 58.1 Å². The number of amides is 1. The van der Waals surface area contributed by atoms with Gasteiger partial charge in [-0.25, -0.2) is 0 Å². The van der Waals surface area contributed by atoms with Gasteiger partial charge in [0.15, 0.2) is 0 Å². The zero-order valence-electron chi connectivity index (χ0n) is 20.1. The molecule has 2 N–H and O–H groups in total. The van der Waals surface area contributed by atoms with Gasteiger partial charge in [-0.2, -0.15) is 0 Å². The average Bonchev–Trinajstić information content (AvgIpc) is 2.74. The first kappa shape index (κ1) is 25.4. The summed E-state index contributed by atoms with van der Waals surface area (Å²) in [5.74, 6) is 0.583. The van der Waals surface area contributed by atoms with Gasteiger partial charge in [0, 0.05) is 45.4 Å². The van der Waals surface area contributed by atoms with E-state index in [0.717, 1.165) is 31.5 Å². The molecule has 7 heteroatoms. The molecule has 7 nitrogen and oxygen atoms in total. The van der Waals surface area contributed by atoms with Crippen molar-refractivity contribution in [3.8, 4) is 5.75 Å². The second kappa shape index (κ2) is 12.3. The zero-order chi connectivity index (χ0) is 23.0. The van der Waals surface area contributed by atoms with Crippen LogP contribution in [0.2, 0.25) is 0 Å². The Kier molecular flexibility index (Phi) is 10.1. The molecule has 0 bridgehead atoms. The van der Waals surface area contributed by atoms with Gasteiger partial charge in [-0.15, -0.1) is 0 Å². The second-order valence-corrected chi connectivity index (χ2v) is 8.93. The average molecular weight is 436 g/mol. The highest BCUT2D eigenvalue weighted by molar-refractivity contribution is 5.98. The molecule has 2 rings (SSSR count). The van der Waals surface area contributed by atoms with Crippen LogP contribution >= 0.6 is 0 Å². The lowest BCUT2D eigenvalue weighted by Crippen LogP contribution is -2.47. The summed E-state index contributed by atoms with van der Waals surface area (Å²) in [4.78, 5) is 17.5. The number of rotatable bonds is 5. The Labute approximate surface area is 187 Å². The number of nitrogens with one attached hydrogen (secondary N) is 1. The standard InChI is InChI=1S/C24H41N3O4/c1-17-15-27(18(2)16-28)24(29)21-13-20(26(5)6)10-11-22(21)31-19(3)9-7-8-12-30-23(17)14-25-4/h10-11,13,17-19,23,25,28H,7-9,12,14-16H2,1-6H3/t17-,18-,19-,23-/m1/s1. The van der Waals surface area contributed by atoms with Gasteiger partial charge in [0.05, 0.1) is 30.4 Å². The second-order valence-electron chi connectivity index (χ2n) is 8.93. The number of anilines is 1. The van der Waals surface area contributed by atoms with Gasteiger partial charge in [0.1, 0.15) is 5.75 Å². The largest absolute Gasteiger partial charge is 0.490 e. The van der Waals surface area contributed by atoms with Crippen LogP contribution in [0.3, 0.4) is 0 Å². The minimum absolute atomic E-state index is 0.00422. The molecule has 1 aliphatic rings. The fourth-order valence-corrected chi connectivity index (χ4v) is 3.88. The van der Waals surface area contributed by atoms with Crippen molar-refractivity contribution < 1.29 is 19.4 Å². The number of carbonyl (C=O) groups is 1. The van der Waals surface area contributed by atoms with Gasteiger partial charge in [-0.05, 0) is 58.4 Å². The first-order valence-corrected chi connectivity index (χ1v) is 11.4. The Hall–Kier alpha value is -1.83. The molecule has 1 aliphatic heterocycles. The SMILES string of the molecule is CNC[C@H]1OCCCC[C@@H](C)Oc2ccc(N(C)C)cc2C(=O)N([C@H](C)CO)C[C@H]1C. The fraction of sp³-hybridized carbons (Fsp3) is 0.708. The molecule has 0 aromatic heterocycles. The molecule has 1 amide bonds. The number of benzene rings is 1. The smallest absolute Gasteiger partial charge is 0.258 e. The molecule has 1 aromatic carbocycles. The van der Waals surface area contributed by atoms with Crippen LogP contribution in [0.4, 0.5) is 5.69 Å². The Bertz CT molecular complexity index is 697. The molecule has 1 aromatic rings. The highest BCUT2D eigenvalue weighted by Gasteiger charge is 2.29. The highest BCUT2D eigenvalue weighted by Crippen LogP contribution is 2.29. The van der Waals surface area contributed by atoms with Crippen molar-refractivity contribution in [2.24, 2.45) is 5.92 Å². The van der Waals surface area contributed by atoms with Crippen LogP contribution in [0.25, 0.3) is 0 Å². The number of hydrogen-bond acceptors (Lipinski definition) is 6. The Morgan fingerprint density at radius 3 is 2.68 bits per heavy atom. The third kappa shape index (κ3) is 7.09. The van der Waals surface area contributed by atoms with Crippen molar-refractivity contribution in [1.82, 2.24) is 10.2 Å². The molecule has 0 fully saturated rings. The summed E-state index contributed by atoms with van der Waals surface area (Å²) in [6.07, 6.45) is 2.87. The summed E-state index contributed by atoms with van der Waals surface area (Å²) >= 11 is 0. The van der Waals surface area contributed by atoms with Gasteiger partial charge in [0.25, 0.3) is 5.91 Å². The summed E-state index contributed by atoms with van der Waals surface area (Å²) in [6.45, 7) is 7.83.